The van der Waals surface area contributed by atoms with E-state index < -0.39 is 116 Å². The molecule has 0 amide bonds. The number of hydrogen-bond donors (Lipinski definition) is 12. The quantitative estimate of drug-likeness (QED) is 0.0437. The van der Waals surface area contributed by atoms with E-state index in [-0.39, 0.29) is 13.0 Å². The molecule has 0 aliphatic carbocycles. The van der Waals surface area contributed by atoms with Crippen molar-refractivity contribution in [2.75, 3.05) is 26.4 Å². The Bertz CT molecular complexity index is 843. The molecule has 0 saturated carbocycles. The van der Waals surface area contributed by atoms with E-state index in [0.29, 0.717) is 6.42 Å². The minimum absolute atomic E-state index is 0.202. The highest BCUT2D eigenvalue weighted by molar-refractivity contribution is 4.96. The fourth-order valence-corrected chi connectivity index (χ4v) is 7.83. The molecule has 0 radical (unpaired) electrons. The Labute approximate surface area is 295 Å². The highest BCUT2D eigenvalue weighted by atomic mass is 16.6. The standard InChI is InChI=1S/C34H66NO15/c1-2-3-4-5-6-7-8-9-10-11-12-13-14-15-16-35(32-29(45)26(42)23(39)20(17-36)48-32,33-30(46)27(43)24(40)21(18-37)49-33)34-31(47)28(44)25(41)22(19-38)50-34/h20-34,36-47H,2-19H2,1H3/q+1/t20-,21-,22-,23-,24-,25-,26+,27+,28+,29-,30-,31-,32?,33?,34?,35?/m1/s1. The molecule has 12 N–H and O–H groups in total. The van der Waals surface area contributed by atoms with Crippen LogP contribution in [0.2, 0.25) is 0 Å². The first-order chi connectivity index (χ1) is 23.9. The monoisotopic (exact) mass is 728 g/mol. The molecule has 0 aromatic heterocycles. The minimum atomic E-state index is -2.00. The molecule has 0 spiro atoms. The third-order valence-corrected chi connectivity index (χ3v) is 10.9. The second kappa shape index (κ2) is 21.3. The van der Waals surface area contributed by atoms with Gasteiger partial charge in [0.15, 0.2) is 18.3 Å². The average Bonchev–Trinajstić information content (AvgIpc) is 3.11. The van der Waals surface area contributed by atoms with Crippen molar-refractivity contribution in [2.45, 2.75) is 189 Å². The van der Waals surface area contributed by atoms with Gasteiger partial charge in [0, 0.05) is 0 Å². The smallest absolute Gasteiger partial charge is 0.227 e. The van der Waals surface area contributed by atoms with E-state index in [2.05, 4.69) is 6.92 Å². The van der Waals surface area contributed by atoms with Crippen molar-refractivity contribution in [1.82, 2.24) is 0 Å². The van der Waals surface area contributed by atoms with E-state index in [9.17, 15) is 61.3 Å². The van der Waals surface area contributed by atoms with E-state index >= 15 is 0 Å². The van der Waals surface area contributed by atoms with Gasteiger partial charge >= 0.3 is 0 Å². The Morgan fingerprint density at radius 2 is 0.620 bits per heavy atom. The molecule has 3 saturated heterocycles. The summed E-state index contributed by atoms with van der Waals surface area (Å²) in [5, 5.41) is 129. The van der Waals surface area contributed by atoms with Gasteiger partial charge in [0.25, 0.3) is 0 Å². The lowest BCUT2D eigenvalue weighted by Gasteiger charge is -2.60. The molecule has 0 aromatic rings. The van der Waals surface area contributed by atoms with Crippen LogP contribution in [0.25, 0.3) is 0 Å². The van der Waals surface area contributed by atoms with Gasteiger partial charge in [-0.1, -0.05) is 84.0 Å². The lowest BCUT2D eigenvalue weighted by atomic mass is 9.89. The van der Waals surface area contributed by atoms with Crippen LogP contribution in [-0.2, 0) is 14.2 Å². The molecule has 3 heterocycles. The van der Waals surface area contributed by atoms with Crippen LogP contribution in [0.5, 0.6) is 0 Å². The molecule has 3 unspecified atom stereocenters. The van der Waals surface area contributed by atoms with Crippen molar-refractivity contribution >= 4 is 0 Å². The van der Waals surface area contributed by atoms with Gasteiger partial charge < -0.3 is 75.5 Å². The second-order valence-electron chi connectivity index (χ2n) is 14.5. The van der Waals surface area contributed by atoms with Gasteiger partial charge in [0.05, 0.1) is 26.4 Å². The van der Waals surface area contributed by atoms with E-state index in [1.54, 1.807) is 0 Å². The lowest BCUT2D eigenvalue weighted by Crippen LogP contribution is -2.83. The third kappa shape index (κ3) is 10.1. The fourth-order valence-electron chi connectivity index (χ4n) is 7.83. The Kier molecular flexibility index (Phi) is 18.6. The Balaban J connectivity index is 1.89. The van der Waals surface area contributed by atoms with Crippen LogP contribution in [0.4, 0.5) is 0 Å². The van der Waals surface area contributed by atoms with Crippen molar-refractivity contribution in [3.05, 3.63) is 0 Å². The number of unbranched alkanes of at least 4 members (excludes halogenated alkanes) is 13. The van der Waals surface area contributed by atoms with Crippen molar-refractivity contribution in [1.29, 1.82) is 0 Å². The van der Waals surface area contributed by atoms with Crippen LogP contribution in [0, 0.1) is 0 Å². The molecule has 296 valence electrons. The maximum Gasteiger partial charge on any atom is 0.227 e. The highest BCUT2D eigenvalue weighted by Gasteiger charge is 2.67. The first-order valence-electron chi connectivity index (χ1n) is 18.7. The van der Waals surface area contributed by atoms with Crippen molar-refractivity contribution in [3.63, 3.8) is 0 Å². The summed E-state index contributed by atoms with van der Waals surface area (Å²) in [5.74, 6) is 0. The van der Waals surface area contributed by atoms with E-state index in [1.165, 1.54) is 44.9 Å². The van der Waals surface area contributed by atoms with Crippen LogP contribution in [0.1, 0.15) is 96.8 Å². The minimum Gasteiger partial charge on any atom is -0.394 e. The summed E-state index contributed by atoms with van der Waals surface area (Å²) < 4.78 is 17.0. The molecule has 3 aliphatic rings. The highest BCUT2D eigenvalue weighted by Crippen LogP contribution is 2.43. The Morgan fingerprint density at radius 3 is 0.880 bits per heavy atom. The molecule has 15 atom stereocenters. The number of ether oxygens (including phenoxy) is 3. The molecule has 16 nitrogen and oxygen atoms in total. The number of aliphatic hydroxyl groups is 12. The molecule has 3 rings (SSSR count). The summed E-state index contributed by atoms with van der Waals surface area (Å²) in [7, 11) is 0. The molecule has 0 bridgehead atoms. The predicted octanol–water partition coefficient (Wildman–Crippen LogP) is -2.32. The molecule has 3 aliphatic heterocycles. The van der Waals surface area contributed by atoms with Crippen LogP contribution in [0.3, 0.4) is 0 Å². The van der Waals surface area contributed by atoms with E-state index in [4.69, 9.17) is 14.2 Å². The van der Waals surface area contributed by atoms with Gasteiger partial charge in [-0.05, 0) is 12.8 Å². The first-order valence-corrected chi connectivity index (χ1v) is 18.7. The molecule has 50 heavy (non-hydrogen) atoms. The van der Waals surface area contributed by atoms with Crippen LogP contribution in [-0.4, -0.2) is 184 Å². The van der Waals surface area contributed by atoms with Gasteiger partial charge in [-0.15, -0.1) is 0 Å². The lowest BCUT2D eigenvalue weighted by molar-refractivity contribution is -1.06. The van der Waals surface area contributed by atoms with Crippen molar-refractivity contribution in [2.24, 2.45) is 0 Å². The summed E-state index contributed by atoms with van der Waals surface area (Å²) in [4.78, 5) is 0. The van der Waals surface area contributed by atoms with Gasteiger partial charge in [-0.25, -0.2) is 4.48 Å². The second-order valence-corrected chi connectivity index (χ2v) is 14.5. The summed E-state index contributed by atoms with van der Waals surface area (Å²) in [5.41, 5.74) is 0. The zero-order chi connectivity index (χ0) is 37.0. The van der Waals surface area contributed by atoms with Crippen LogP contribution in [0.15, 0.2) is 0 Å². The van der Waals surface area contributed by atoms with Gasteiger partial charge in [0.1, 0.15) is 54.9 Å². The Morgan fingerprint density at radius 1 is 0.360 bits per heavy atom. The van der Waals surface area contributed by atoms with Gasteiger partial charge in [-0.3, -0.25) is 0 Å². The normalized spacial score (nSPS) is 40.9. The van der Waals surface area contributed by atoms with E-state index in [0.717, 1.165) is 32.1 Å². The number of nitrogens with zero attached hydrogens (tertiary/aromatic N) is 1. The number of quaternary nitrogens is 1. The summed E-state index contributed by atoms with van der Waals surface area (Å²) in [6.07, 6.45) is -12.4. The molecular formula is C34H66NO15+. The molecule has 0 aromatic carbocycles. The van der Waals surface area contributed by atoms with Crippen LogP contribution < -0.4 is 0 Å². The SMILES string of the molecule is CCCCCCCCCCCCCCCC[N+](C1O[C@H](CO)[C@@H](O)[C@H](O)[C@H]1O)(C1O[C@H](CO)[C@@H](O)[C@H](O)[C@H]1O)C1O[C@H](CO)[C@@H](O)[C@H](O)[C@H]1O. The summed E-state index contributed by atoms with van der Waals surface area (Å²) in [6.45, 7) is -0.487. The zero-order valence-corrected chi connectivity index (χ0v) is 29.4. The Hall–Kier alpha value is -0.640. The van der Waals surface area contributed by atoms with E-state index in [1.807, 2.05) is 0 Å². The first kappa shape index (κ1) is 43.8. The zero-order valence-electron chi connectivity index (χ0n) is 29.4. The van der Waals surface area contributed by atoms with Crippen molar-refractivity contribution in [3.8, 4) is 0 Å². The number of rotatable bonds is 21. The van der Waals surface area contributed by atoms with Crippen LogP contribution >= 0.6 is 0 Å². The van der Waals surface area contributed by atoms with Gasteiger partial charge in [0.2, 0.25) is 18.7 Å². The molecule has 16 heteroatoms. The average molecular weight is 729 g/mol. The maximum atomic E-state index is 11.5. The topological polar surface area (TPSA) is 270 Å². The molecular weight excluding hydrogens is 662 g/mol. The summed E-state index contributed by atoms with van der Waals surface area (Å²) >= 11 is 0. The molecule has 3 fully saturated rings. The predicted molar refractivity (Wildman–Crippen MR) is 177 cm³/mol. The van der Waals surface area contributed by atoms with Gasteiger partial charge in [-0.2, -0.15) is 0 Å². The maximum absolute atomic E-state index is 11.5. The summed E-state index contributed by atoms with van der Waals surface area (Å²) in [6, 6.07) is 0. The van der Waals surface area contributed by atoms with Crippen molar-refractivity contribution < 1.29 is 80.0 Å². The number of aliphatic hydroxyl groups excluding tert-OH is 12. The third-order valence-electron chi connectivity index (χ3n) is 10.9. The largest absolute Gasteiger partial charge is 0.394 e. The fraction of sp³-hybridized carbons (Fsp3) is 1.00. The number of hydrogen-bond acceptors (Lipinski definition) is 15.